The molecule has 0 amide bonds. The van der Waals surface area contributed by atoms with Crippen LogP contribution < -0.4 is 10.5 Å². The summed E-state index contributed by atoms with van der Waals surface area (Å²) in [5.41, 5.74) is 8.72. The lowest BCUT2D eigenvalue weighted by molar-refractivity contribution is 0.227. The predicted molar refractivity (Wildman–Crippen MR) is 114 cm³/mol. The number of furan rings is 1. The van der Waals surface area contributed by atoms with Gasteiger partial charge in [0.15, 0.2) is 17.6 Å². The lowest BCUT2D eigenvalue weighted by atomic mass is 10.00. The Kier molecular flexibility index (Phi) is 5.46. The Labute approximate surface area is 182 Å². The highest BCUT2D eigenvalue weighted by molar-refractivity contribution is 6.36. The third-order valence-corrected chi connectivity index (χ3v) is 5.79. The maximum absolute atomic E-state index is 13.9. The van der Waals surface area contributed by atoms with Crippen molar-refractivity contribution in [2.45, 2.75) is 19.4 Å². The van der Waals surface area contributed by atoms with E-state index in [1.165, 1.54) is 12.1 Å². The maximum atomic E-state index is 13.9. The van der Waals surface area contributed by atoms with E-state index in [1.54, 1.807) is 24.3 Å². The van der Waals surface area contributed by atoms with Gasteiger partial charge in [-0.05, 0) is 31.1 Å². The predicted octanol–water partition coefficient (Wildman–Crippen LogP) is 5.57. The van der Waals surface area contributed by atoms with Crippen molar-refractivity contribution in [3.8, 4) is 11.9 Å². The van der Waals surface area contributed by atoms with Crippen molar-refractivity contribution in [1.82, 2.24) is 9.88 Å². The average Bonchev–Trinajstić information content (AvgIpc) is 3.17. The molecule has 1 aliphatic rings. The highest BCUT2D eigenvalue weighted by Crippen LogP contribution is 2.41. The quantitative estimate of drug-likeness (QED) is 0.416. The van der Waals surface area contributed by atoms with Crippen LogP contribution in [0.15, 0.2) is 35.1 Å². The van der Waals surface area contributed by atoms with Crippen LogP contribution in [0.1, 0.15) is 30.6 Å². The van der Waals surface area contributed by atoms with Crippen molar-refractivity contribution in [1.29, 1.82) is 5.26 Å². The van der Waals surface area contributed by atoms with E-state index in [9.17, 15) is 4.39 Å². The molecule has 0 bridgehead atoms. The second-order valence-electron chi connectivity index (χ2n) is 6.91. The Morgan fingerprint density at radius 2 is 2.20 bits per heavy atom. The third kappa shape index (κ3) is 3.53. The van der Waals surface area contributed by atoms with Crippen molar-refractivity contribution in [3.63, 3.8) is 0 Å². The third-order valence-electron chi connectivity index (χ3n) is 5.08. The molecule has 0 saturated carbocycles. The fourth-order valence-electron chi connectivity index (χ4n) is 3.50. The number of pyridine rings is 1. The first-order valence-electron chi connectivity index (χ1n) is 9.20. The number of ether oxygens (including phenoxy) is 1. The van der Waals surface area contributed by atoms with E-state index in [2.05, 4.69) is 11.2 Å². The van der Waals surface area contributed by atoms with E-state index in [-0.39, 0.29) is 21.6 Å². The molecule has 3 heterocycles. The molecule has 4 rings (SSSR count). The fraction of sp³-hybridized carbons (Fsp3) is 0.238. The maximum Gasteiger partial charge on any atom is 0.205 e. The van der Waals surface area contributed by atoms with Crippen LogP contribution in [0.25, 0.3) is 16.5 Å². The first-order valence-corrected chi connectivity index (χ1v) is 9.96. The van der Waals surface area contributed by atoms with E-state index in [1.807, 2.05) is 6.08 Å². The van der Waals surface area contributed by atoms with Gasteiger partial charge < -0.3 is 19.8 Å². The van der Waals surface area contributed by atoms with Gasteiger partial charge in [-0.25, -0.2) is 9.37 Å². The van der Waals surface area contributed by atoms with Crippen molar-refractivity contribution in [2.75, 3.05) is 18.8 Å². The van der Waals surface area contributed by atoms with Gasteiger partial charge in [-0.3, -0.25) is 0 Å². The average molecular weight is 447 g/mol. The van der Waals surface area contributed by atoms with Gasteiger partial charge in [0.05, 0.1) is 16.7 Å². The number of nitrogens with zero attached hydrogens (tertiary/aromatic N) is 3. The van der Waals surface area contributed by atoms with Crippen LogP contribution in [-0.4, -0.2) is 23.0 Å². The van der Waals surface area contributed by atoms with Gasteiger partial charge in [0.2, 0.25) is 5.75 Å². The largest absolute Gasteiger partial charge is 0.478 e. The highest BCUT2D eigenvalue weighted by Gasteiger charge is 2.24. The fourth-order valence-corrected chi connectivity index (χ4v) is 4.18. The van der Waals surface area contributed by atoms with Crippen LogP contribution in [0.2, 0.25) is 10.0 Å². The zero-order valence-electron chi connectivity index (χ0n) is 16.0. The highest BCUT2D eigenvalue weighted by atomic mass is 35.5. The van der Waals surface area contributed by atoms with Crippen molar-refractivity contribution in [2.24, 2.45) is 0 Å². The van der Waals surface area contributed by atoms with Gasteiger partial charge in [-0.15, -0.1) is 0 Å². The molecule has 1 aromatic carbocycles. The zero-order chi connectivity index (χ0) is 21.4. The number of hydrogen-bond donors (Lipinski definition) is 1. The minimum Gasteiger partial charge on any atom is -0.478 e. The summed E-state index contributed by atoms with van der Waals surface area (Å²) in [6.07, 6.45) is 7.38. The van der Waals surface area contributed by atoms with Crippen LogP contribution in [0, 0.1) is 17.3 Å². The molecule has 0 saturated heterocycles. The first kappa shape index (κ1) is 20.3. The summed E-state index contributed by atoms with van der Waals surface area (Å²) in [5, 5.41) is 9.93. The molecule has 6 nitrogen and oxygen atoms in total. The first-order chi connectivity index (χ1) is 14.4. The van der Waals surface area contributed by atoms with Gasteiger partial charge in [-0.1, -0.05) is 29.3 Å². The monoisotopic (exact) mass is 446 g/mol. The number of nitriles is 1. The molecular weight excluding hydrogens is 430 g/mol. The Morgan fingerprint density at radius 1 is 1.40 bits per heavy atom. The van der Waals surface area contributed by atoms with Crippen LogP contribution in [-0.2, 0) is 0 Å². The molecule has 3 aromatic rings. The van der Waals surface area contributed by atoms with Gasteiger partial charge in [0.1, 0.15) is 11.9 Å². The smallest absolute Gasteiger partial charge is 0.205 e. The Hall–Kier alpha value is -2.95. The van der Waals surface area contributed by atoms with Crippen LogP contribution in [0.4, 0.5) is 10.2 Å². The molecular formula is C21H17Cl2FN4O2. The number of hydrogen-bond acceptors (Lipinski definition) is 6. The van der Waals surface area contributed by atoms with Gasteiger partial charge in [-0.2, -0.15) is 5.26 Å². The van der Waals surface area contributed by atoms with Crippen LogP contribution in [0.5, 0.6) is 5.75 Å². The summed E-state index contributed by atoms with van der Waals surface area (Å²) in [7, 11) is 0. The standard InChI is InChI=1S/C21H17Cl2FN4O2/c1-11(17-15(22)2-3-16(24)18(17)23)30-20-19-13(8-27-21(20)26)14(9-29-19)12-4-6-28(10-25)7-5-12/h2-4,8-9,11H,5-7H2,1H3,(H2,26,27)/t11-/m1/s1. The van der Waals surface area contributed by atoms with E-state index in [0.717, 1.165) is 16.5 Å². The number of anilines is 1. The van der Waals surface area contributed by atoms with Gasteiger partial charge in [0.25, 0.3) is 0 Å². The summed E-state index contributed by atoms with van der Waals surface area (Å²) in [5.74, 6) is -0.225. The van der Waals surface area contributed by atoms with E-state index < -0.39 is 11.9 Å². The van der Waals surface area contributed by atoms with Gasteiger partial charge in [0, 0.05) is 35.4 Å². The number of nitrogens with two attached hydrogens (primary N) is 1. The molecule has 1 atom stereocenters. The summed E-state index contributed by atoms with van der Waals surface area (Å²) in [6, 6.07) is 2.62. The van der Waals surface area contributed by atoms with Crippen molar-refractivity contribution in [3.05, 3.63) is 57.7 Å². The second-order valence-corrected chi connectivity index (χ2v) is 7.69. The number of halogens is 3. The molecule has 0 unspecified atom stereocenters. The molecule has 30 heavy (non-hydrogen) atoms. The summed E-state index contributed by atoms with van der Waals surface area (Å²) >= 11 is 12.3. The number of fused-ring (bicyclic) bond motifs is 1. The number of aromatic nitrogens is 1. The van der Waals surface area contributed by atoms with Crippen LogP contribution in [0.3, 0.4) is 0 Å². The molecule has 154 valence electrons. The molecule has 2 aromatic heterocycles. The molecule has 9 heteroatoms. The number of nitrogen functional groups attached to an aromatic ring is 1. The summed E-state index contributed by atoms with van der Waals surface area (Å²) in [4.78, 5) is 5.91. The van der Waals surface area contributed by atoms with E-state index in [0.29, 0.717) is 30.7 Å². The molecule has 0 fully saturated rings. The molecule has 0 aliphatic carbocycles. The second kappa shape index (κ2) is 8.05. The molecule has 0 radical (unpaired) electrons. The normalized spacial score (nSPS) is 15.0. The Morgan fingerprint density at radius 3 is 2.90 bits per heavy atom. The Bertz CT molecular complexity index is 1200. The van der Waals surface area contributed by atoms with Crippen LogP contribution >= 0.6 is 23.2 Å². The lowest BCUT2D eigenvalue weighted by Crippen LogP contribution is -2.23. The summed E-state index contributed by atoms with van der Waals surface area (Å²) in [6.45, 7) is 2.86. The molecule has 2 N–H and O–H groups in total. The van der Waals surface area contributed by atoms with E-state index in [4.69, 9.17) is 43.4 Å². The van der Waals surface area contributed by atoms with Crippen molar-refractivity contribution < 1.29 is 13.5 Å². The zero-order valence-corrected chi connectivity index (χ0v) is 17.5. The number of rotatable bonds is 4. The Balaban J connectivity index is 1.72. The minimum absolute atomic E-state index is 0.108. The lowest BCUT2D eigenvalue weighted by Gasteiger charge is -2.20. The van der Waals surface area contributed by atoms with Gasteiger partial charge >= 0.3 is 0 Å². The minimum atomic E-state index is -0.706. The van der Waals surface area contributed by atoms with Crippen molar-refractivity contribution >= 4 is 45.6 Å². The van der Waals surface area contributed by atoms with E-state index >= 15 is 0 Å². The number of benzene rings is 1. The summed E-state index contributed by atoms with van der Waals surface area (Å²) < 4.78 is 25.7. The molecule has 0 spiro atoms. The SMILES string of the molecule is C[C@@H](Oc1c(N)ncc2c(C3=CCN(C#N)CC3)coc12)c1c(Cl)ccc(F)c1Cl. The topological polar surface area (TPSA) is 88.3 Å². The molecule has 1 aliphatic heterocycles.